The number of hydrogen-bond acceptors (Lipinski definition) is 3. The topological polar surface area (TPSA) is 53.1 Å². The van der Waals surface area contributed by atoms with E-state index in [1.807, 2.05) is 0 Å². The predicted octanol–water partition coefficient (Wildman–Crippen LogP) is 1.82. The number of rotatable bonds is 2. The van der Waals surface area contributed by atoms with Crippen LogP contribution < -0.4 is 10.5 Å². The van der Waals surface area contributed by atoms with Gasteiger partial charge >= 0.3 is 0 Å². The standard InChI is InChI=1S/C11H12FN3O/c1-15-11(13)10(6-14-15)7-3-8(12)5-9(4-7)16-2/h3-6H,13H2,1-2H3. The van der Waals surface area contributed by atoms with Gasteiger partial charge in [-0.1, -0.05) is 0 Å². The van der Waals surface area contributed by atoms with Crippen molar-refractivity contribution in [2.75, 3.05) is 12.8 Å². The molecule has 0 aliphatic rings. The highest BCUT2D eigenvalue weighted by atomic mass is 19.1. The summed E-state index contributed by atoms with van der Waals surface area (Å²) in [5.41, 5.74) is 7.16. The van der Waals surface area contributed by atoms with Gasteiger partial charge in [-0.3, -0.25) is 4.68 Å². The van der Waals surface area contributed by atoms with E-state index in [2.05, 4.69) is 5.10 Å². The van der Waals surface area contributed by atoms with Crippen LogP contribution in [0.1, 0.15) is 0 Å². The molecule has 0 fully saturated rings. The van der Waals surface area contributed by atoms with Crippen LogP contribution in [0, 0.1) is 5.82 Å². The van der Waals surface area contributed by atoms with Crippen LogP contribution in [0.2, 0.25) is 0 Å². The van der Waals surface area contributed by atoms with Crippen molar-refractivity contribution in [2.24, 2.45) is 7.05 Å². The zero-order valence-electron chi connectivity index (χ0n) is 9.07. The molecule has 1 heterocycles. The molecule has 2 rings (SSSR count). The van der Waals surface area contributed by atoms with Crippen molar-refractivity contribution >= 4 is 5.82 Å². The van der Waals surface area contributed by atoms with Gasteiger partial charge in [0.15, 0.2) is 0 Å². The first-order valence-corrected chi connectivity index (χ1v) is 4.74. The third-order valence-corrected chi connectivity index (χ3v) is 2.40. The maximum Gasteiger partial charge on any atom is 0.129 e. The quantitative estimate of drug-likeness (QED) is 0.841. The molecule has 0 bridgehead atoms. The molecule has 4 nitrogen and oxygen atoms in total. The van der Waals surface area contributed by atoms with Crippen LogP contribution >= 0.6 is 0 Å². The minimum atomic E-state index is -0.363. The number of nitrogen functional groups attached to an aromatic ring is 1. The number of hydrogen-bond donors (Lipinski definition) is 1. The van der Waals surface area contributed by atoms with Crippen LogP contribution in [0.5, 0.6) is 5.75 Å². The SMILES string of the molecule is COc1cc(F)cc(-c2cnn(C)c2N)c1. The number of nitrogens with zero attached hydrogens (tertiary/aromatic N) is 2. The van der Waals surface area contributed by atoms with Gasteiger partial charge in [0.05, 0.1) is 13.3 Å². The van der Waals surface area contributed by atoms with Gasteiger partial charge in [-0.15, -0.1) is 0 Å². The molecule has 0 unspecified atom stereocenters. The summed E-state index contributed by atoms with van der Waals surface area (Å²) in [6.07, 6.45) is 1.60. The smallest absolute Gasteiger partial charge is 0.129 e. The van der Waals surface area contributed by atoms with E-state index in [0.717, 1.165) is 0 Å². The maximum absolute atomic E-state index is 13.3. The Hall–Kier alpha value is -2.04. The molecule has 0 aliphatic carbocycles. The highest BCUT2D eigenvalue weighted by molar-refractivity contribution is 5.74. The first kappa shape index (κ1) is 10.5. The van der Waals surface area contributed by atoms with Gasteiger partial charge in [0.2, 0.25) is 0 Å². The Balaban J connectivity index is 2.55. The second kappa shape index (κ2) is 3.84. The summed E-state index contributed by atoms with van der Waals surface area (Å²) < 4.78 is 19.8. The maximum atomic E-state index is 13.3. The Bertz CT molecular complexity index is 522. The second-order valence-corrected chi connectivity index (χ2v) is 3.45. The summed E-state index contributed by atoms with van der Waals surface area (Å²) in [6, 6.07) is 4.43. The number of methoxy groups -OCH3 is 1. The van der Waals surface area contributed by atoms with Crippen LogP contribution in [-0.4, -0.2) is 16.9 Å². The van der Waals surface area contributed by atoms with E-state index in [1.54, 1.807) is 19.3 Å². The van der Waals surface area contributed by atoms with Crippen LogP contribution in [0.25, 0.3) is 11.1 Å². The lowest BCUT2D eigenvalue weighted by Gasteiger charge is -2.04. The molecule has 2 aromatic rings. The van der Waals surface area contributed by atoms with Gasteiger partial charge in [0.1, 0.15) is 17.4 Å². The van der Waals surface area contributed by atoms with Gasteiger partial charge in [-0.2, -0.15) is 5.10 Å². The third kappa shape index (κ3) is 1.71. The van der Waals surface area contributed by atoms with Crippen molar-refractivity contribution in [3.8, 4) is 16.9 Å². The Morgan fingerprint density at radius 1 is 1.38 bits per heavy atom. The van der Waals surface area contributed by atoms with Crippen LogP contribution in [0.3, 0.4) is 0 Å². The third-order valence-electron chi connectivity index (χ3n) is 2.40. The van der Waals surface area contributed by atoms with Crippen molar-refractivity contribution in [2.45, 2.75) is 0 Å². The number of anilines is 1. The van der Waals surface area contributed by atoms with E-state index in [-0.39, 0.29) is 5.82 Å². The molecule has 0 radical (unpaired) electrons. The lowest BCUT2D eigenvalue weighted by molar-refractivity contribution is 0.411. The van der Waals surface area contributed by atoms with Gasteiger partial charge in [0, 0.05) is 18.7 Å². The molecular weight excluding hydrogens is 209 g/mol. The normalized spacial score (nSPS) is 10.4. The Labute approximate surface area is 92.4 Å². The van der Waals surface area contributed by atoms with E-state index in [4.69, 9.17) is 10.5 Å². The zero-order chi connectivity index (χ0) is 11.7. The molecule has 5 heteroatoms. The minimum Gasteiger partial charge on any atom is -0.497 e. The molecule has 2 N–H and O–H groups in total. The van der Waals surface area contributed by atoms with E-state index in [1.165, 1.54) is 23.9 Å². The molecule has 16 heavy (non-hydrogen) atoms. The van der Waals surface area contributed by atoms with Gasteiger partial charge < -0.3 is 10.5 Å². The largest absolute Gasteiger partial charge is 0.497 e. The Morgan fingerprint density at radius 3 is 2.69 bits per heavy atom. The first-order valence-electron chi connectivity index (χ1n) is 4.74. The molecular formula is C11H12FN3O. The number of aromatic nitrogens is 2. The average Bonchev–Trinajstić information content (AvgIpc) is 2.59. The van der Waals surface area contributed by atoms with E-state index in [9.17, 15) is 4.39 Å². The molecule has 0 saturated heterocycles. The highest BCUT2D eigenvalue weighted by Gasteiger charge is 2.09. The zero-order valence-corrected chi connectivity index (χ0v) is 9.07. The fourth-order valence-corrected chi connectivity index (χ4v) is 1.51. The monoisotopic (exact) mass is 221 g/mol. The Morgan fingerprint density at radius 2 is 2.12 bits per heavy atom. The van der Waals surface area contributed by atoms with Crippen molar-refractivity contribution in [3.63, 3.8) is 0 Å². The minimum absolute atomic E-state index is 0.363. The summed E-state index contributed by atoms with van der Waals surface area (Å²) >= 11 is 0. The summed E-state index contributed by atoms with van der Waals surface area (Å²) in [5.74, 6) is 0.587. The first-order chi connectivity index (χ1) is 7.61. The highest BCUT2D eigenvalue weighted by Crippen LogP contribution is 2.29. The fraction of sp³-hybridized carbons (Fsp3) is 0.182. The Kier molecular flexibility index (Phi) is 2.52. The van der Waals surface area contributed by atoms with Gasteiger partial charge in [0.25, 0.3) is 0 Å². The van der Waals surface area contributed by atoms with Gasteiger partial charge in [-0.05, 0) is 17.7 Å². The molecule has 0 spiro atoms. The lowest BCUT2D eigenvalue weighted by atomic mass is 10.1. The lowest BCUT2D eigenvalue weighted by Crippen LogP contribution is -1.98. The molecule has 0 saturated carbocycles. The molecule has 1 aromatic heterocycles. The fourth-order valence-electron chi connectivity index (χ4n) is 1.51. The van der Waals surface area contributed by atoms with Crippen LogP contribution in [0.15, 0.2) is 24.4 Å². The number of nitrogens with two attached hydrogens (primary N) is 1. The van der Waals surface area contributed by atoms with Crippen LogP contribution in [-0.2, 0) is 7.05 Å². The summed E-state index contributed by atoms with van der Waals surface area (Å²) in [6.45, 7) is 0. The molecule has 1 aromatic carbocycles. The summed E-state index contributed by atoms with van der Waals surface area (Å²) in [4.78, 5) is 0. The van der Waals surface area contributed by atoms with Crippen LogP contribution in [0.4, 0.5) is 10.2 Å². The number of benzene rings is 1. The predicted molar refractivity (Wildman–Crippen MR) is 59.6 cm³/mol. The summed E-state index contributed by atoms with van der Waals surface area (Å²) in [7, 11) is 3.22. The molecule has 0 atom stereocenters. The van der Waals surface area contributed by atoms with Gasteiger partial charge in [-0.25, -0.2) is 4.39 Å². The van der Waals surface area contributed by atoms with Crippen molar-refractivity contribution in [1.29, 1.82) is 0 Å². The van der Waals surface area contributed by atoms with Crippen molar-refractivity contribution in [1.82, 2.24) is 9.78 Å². The average molecular weight is 221 g/mol. The number of aryl methyl sites for hydroxylation is 1. The number of halogens is 1. The molecule has 0 aliphatic heterocycles. The number of ether oxygens (including phenoxy) is 1. The molecule has 0 amide bonds. The van der Waals surface area contributed by atoms with E-state index < -0.39 is 0 Å². The van der Waals surface area contributed by atoms with E-state index in [0.29, 0.717) is 22.7 Å². The second-order valence-electron chi connectivity index (χ2n) is 3.45. The summed E-state index contributed by atoms with van der Waals surface area (Å²) in [5, 5.41) is 4.01. The molecule has 84 valence electrons. The van der Waals surface area contributed by atoms with Crippen molar-refractivity contribution in [3.05, 3.63) is 30.2 Å². The van der Waals surface area contributed by atoms with Crippen molar-refractivity contribution < 1.29 is 9.13 Å². The van der Waals surface area contributed by atoms with E-state index >= 15 is 0 Å².